The minimum atomic E-state index is -1.54. The molecule has 1 fully saturated rings. The summed E-state index contributed by atoms with van der Waals surface area (Å²) in [6.45, 7) is 12.5. The number of epoxide rings is 1. The van der Waals surface area contributed by atoms with Crippen LogP contribution in [-0.2, 0) is 19.0 Å². The van der Waals surface area contributed by atoms with Gasteiger partial charge < -0.3 is 39.7 Å². The minimum absolute atomic E-state index is 0.0446. The van der Waals surface area contributed by atoms with Crippen LogP contribution in [0.1, 0.15) is 73.6 Å². The molecule has 0 spiro atoms. The third-order valence-corrected chi connectivity index (χ3v) is 8.36. The van der Waals surface area contributed by atoms with Crippen molar-refractivity contribution in [1.29, 1.82) is 0 Å². The van der Waals surface area contributed by atoms with Gasteiger partial charge in [-0.3, -0.25) is 0 Å². The number of amides is 1. The lowest BCUT2D eigenvalue weighted by atomic mass is 9.90. The molecule has 10 unspecified atom stereocenters. The lowest BCUT2D eigenvalue weighted by molar-refractivity contribution is -0.165. The van der Waals surface area contributed by atoms with Gasteiger partial charge in [0.05, 0.1) is 23.9 Å². The van der Waals surface area contributed by atoms with Crippen molar-refractivity contribution in [2.45, 2.75) is 116 Å². The zero-order valence-electron chi connectivity index (χ0n) is 27.4. The Bertz CT molecular complexity index is 978. The van der Waals surface area contributed by atoms with Crippen molar-refractivity contribution in [1.82, 2.24) is 10.2 Å². The van der Waals surface area contributed by atoms with Crippen molar-refractivity contribution in [2.24, 2.45) is 17.8 Å². The number of ether oxygens (including phenoxy) is 3. The van der Waals surface area contributed by atoms with Gasteiger partial charge in [0.25, 0.3) is 0 Å². The van der Waals surface area contributed by atoms with E-state index in [-0.39, 0.29) is 48.9 Å². The molecular formula is C33H56N2O8. The van der Waals surface area contributed by atoms with Crippen molar-refractivity contribution < 1.29 is 39.1 Å². The number of rotatable bonds is 12. The van der Waals surface area contributed by atoms with E-state index in [1.807, 2.05) is 71.0 Å². The molecule has 0 aliphatic carbocycles. The predicted molar refractivity (Wildman–Crippen MR) is 166 cm³/mol. The summed E-state index contributed by atoms with van der Waals surface area (Å²) in [4.78, 5) is 27.8. The van der Waals surface area contributed by atoms with Crippen LogP contribution in [0.15, 0.2) is 36.0 Å². The van der Waals surface area contributed by atoms with Crippen LogP contribution in [0.4, 0.5) is 4.79 Å². The quantitative estimate of drug-likeness (QED) is 0.113. The Hall–Kier alpha value is -2.24. The van der Waals surface area contributed by atoms with Crippen molar-refractivity contribution >= 4 is 12.1 Å². The van der Waals surface area contributed by atoms with Crippen LogP contribution in [0.3, 0.4) is 0 Å². The van der Waals surface area contributed by atoms with Crippen LogP contribution in [0.5, 0.6) is 0 Å². The number of carbonyl (C=O) groups excluding carboxylic acids is 2. The first kappa shape index (κ1) is 36.9. The number of alkyl carbamates (subject to hydrolysis) is 1. The number of allylic oxidation sites excluding steroid dienone is 3. The molecule has 0 radical (unpaired) electrons. The van der Waals surface area contributed by atoms with Crippen molar-refractivity contribution in [3.05, 3.63) is 36.0 Å². The van der Waals surface area contributed by atoms with Gasteiger partial charge in [-0.05, 0) is 71.5 Å². The molecule has 0 aromatic rings. The number of hydrogen-bond donors (Lipinski definition) is 4. The topological polar surface area (TPSA) is 141 Å². The zero-order valence-corrected chi connectivity index (χ0v) is 27.4. The average molecular weight is 609 g/mol. The molecule has 2 rings (SSSR count). The normalized spacial score (nSPS) is 33.6. The summed E-state index contributed by atoms with van der Waals surface area (Å²) < 4.78 is 17.1. The molecule has 2 aliphatic rings. The maximum absolute atomic E-state index is 13.4. The van der Waals surface area contributed by atoms with E-state index in [0.717, 1.165) is 12.0 Å². The number of hydrogen-bond acceptors (Lipinski definition) is 9. The van der Waals surface area contributed by atoms with Crippen molar-refractivity contribution in [2.75, 3.05) is 27.2 Å². The summed E-state index contributed by atoms with van der Waals surface area (Å²) in [6, 6.07) is 0. The number of nitrogens with one attached hydrogen (secondary N) is 1. The number of likely N-dealkylation sites (N-methyl/N-ethyl adjacent to an activating group) is 1. The van der Waals surface area contributed by atoms with Gasteiger partial charge in [0.2, 0.25) is 6.10 Å². The van der Waals surface area contributed by atoms with Gasteiger partial charge in [0.1, 0.15) is 12.2 Å². The minimum Gasteiger partial charge on any atom is -0.454 e. The highest BCUT2D eigenvalue weighted by atomic mass is 16.6. The Labute approximate surface area is 258 Å². The Morgan fingerprint density at radius 3 is 2.67 bits per heavy atom. The first-order chi connectivity index (χ1) is 20.1. The Morgan fingerprint density at radius 1 is 1.33 bits per heavy atom. The summed E-state index contributed by atoms with van der Waals surface area (Å²) in [5, 5.41) is 34.4. The number of nitrogens with zero attached hydrogens (tertiary/aromatic N) is 1. The molecule has 43 heavy (non-hydrogen) atoms. The number of aliphatic hydroxyl groups is 3. The van der Waals surface area contributed by atoms with E-state index in [1.165, 1.54) is 0 Å². The third-order valence-electron chi connectivity index (χ3n) is 8.36. The monoisotopic (exact) mass is 608 g/mol. The van der Waals surface area contributed by atoms with Crippen LogP contribution in [0.2, 0.25) is 0 Å². The van der Waals surface area contributed by atoms with E-state index in [2.05, 4.69) is 18.3 Å². The first-order valence-corrected chi connectivity index (χ1v) is 15.7. The Balaban J connectivity index is 2.16. The maximum Gasteiger partial charge on any atom is 0.408 e. The fourth-order valence-electron chi connectivity index (χ4n) is 5.32. The van der Waals surface area contributed by atoms with E-state index in [4.69, 9.17) is 14.2 Å². The van der Waals surface area contributed by atoms with Gasteiger partial charge in [-0.25, -0.2) is 9.59 Å². The lowest BCUT2D eigenvalue weighted by Gasteiger charge is -2.30. The molecule has 1 amide bonds. The molecule has 0 bridgehead atoms. The molecule has 4 N–H and O–H groups in total. The summed E-state index contributed by atoms with van der Waals surface area (Å²) in [7, 11) is 3.73. The van der Waals surface area contributed by atoms with Crippen LogP contribution >= 0.6 is 0 Å². The predicted octanol–water partition coefficient (Wildman–Crippen LogP) is 3.75. The molecule has 0 aromatic heterocycles. The van der Waals surface area contributed by atoms with E-state index < -0.39 is 36.0 Å². The highest BCUT2D eigenvalue weighted by molar-refractivity contribution is 5.79. The first-order valence-electron chi connectivity index (χ1n) is 15.7. The molecule has 10 nitrogen and oxygen atoms in total. The average Bonchev–Trinajstić information content (AvgIpc) is 3.70. The summed E-state index contributed by atoms with van der Waals surface area (Å²) in [5.41, 5.74) is -0.323. The molecule has 246 valence electrons. The maximum atomic E-state index is 13.4. The van der Waals surface area contributed by atoms with Gasteiger partial charge in [0.15, 0.2) is 0 Å². The summed E-state index contributed by atoms with van der Waals surface area (Å²) >= 11 is 0. The second-order valence-corrected chi connectivity index (χ2v) is 13.0. The Kier molecular flexibility index (Phi) is 14.9. The third kappa shape index (κ3) is 12.7. The van der Waals surface area contributed by atoms with Gasteiger partial charge in [-0.1, -0.05) is 58.1 Å². The van der Waals surface area contributed by atoms with E-state index in [1.54, 1.807) is 6.92 Å². The van der Waals surface area contributed by atoms with Gasteiger partial charge in [-0.15, -0.1) is 0 Å². The standard InChI is InChI=1S/C33H56N2O8/c1-9-25(36)24(5)29-27(41-29)20-21(2)12-10-13-22(3)28-23(4)14-11-16-33(6,40)17-15-26(37)30(31(38)42-28)43-32(39)34-18-19-35(7)8/h10-14,21,23-30,36-37,40H,9,15-20H2,1-8H3,(H,34,39)/b12-10+,14-11+,22-13+. The smallest absolute Gasteiger partial charge is 0.408 e. The van der Waals surface area contributed by atoms with Crippen LogP contribution in [-0.4, -0.2) is 102 Å². The largest absolute Gasteiger partial charge is 0.454 e. The number of carbonyl (C=O) groups is 2. The van der Waals surface area contributed by atoms with Crippen LogP contribution < -0.4 is 5.32 Å². The lowest BCUT2D eigenvalue weighted by Crippen LogP contribution is -2.45. The summed E-state index contributed by atoms with van der Waals surface area (Å²) in [5.74, 6) is -0.744. The van der Waals surface area contributed by atoms with Gasteiger partial charge >= 0.3 is 12.1 Å². The fourth-order valence-corrected chi connectivity index (χ4v) is 5.32. The summed E-state index contributed by atoms with van der Waals surface area (Å²) in [6.07, 6.45) is 7.34. The van der Waals surface area contributed by atoms with Gasteiger partial charge in [0, 0.05) is 24.9 Å². The molecular weight excluding hydrogens is 552 g/mol. The fraction of sp³-hybridized carbons (Fsp3) is 0.758. The highest BCUT2D eigenvalue weighted by Crippen LogP contribution is 2.36. The SMILES string of the molecule is CCC(O)C(C)C1OC1CC(C)/C=C/C=C(\C)C1OC(=O)C(OC(=O)NCCN(C)C)C(O)CCC(C)(O)C/C=C/C1C. The van der Waals surface area contributed by atoms with Gasteiger partial charge in [-0.2, -0.15) is 0 Å². The molecule has 10 atom stereocenters. The second-order valence-electron chi connectivity index (χ2n) is 13.0. The van der Waals surface area contributed by atoms with E-state index in [0.29, 0.717) is 25.9 Å². The van der Waals surface area contributed by atoms with Crippen LogP contribution in [0.25, 0.3) is 0 Å². The molecule has 2 aliphatic heterocycles. The van der Waals surface area contributed by atoms with Crippen LogP contribution in [0, 0.1) is 17.8 Å². The molecule has 0 aromatic carbocycles. The second kappa shape index (κ2) is 17.3. The zero-order chi connectivity index (χ0) is 32.3. The van der Waals surface area contributed by atoms with E-state index in [9.17, 15) is 24.9 Å². The number of aliphatic hydroxyl groups excluding tert-OH is 2. The molecule has 10 heteroatoms. The number of cyclic esters (lactones) is 1. The van der Waals surface area contributed by atoms with E-state index >= 15 is 0 Å². The highest BCUT2D eigenvalue weighted by Gasteiger charge is 2.45. The number of esters is 1. The van der Waals surface area contributed by atoms with Crippen molar-refractivity contribution in [3.8, 4) is 0 Å². The molecule has 1 saturated heterocycles. The molecule has 2 heterocycles. The molecule has 0 saturated carbocycles. The van der Waals surface area contributed by atoms with Crippen molar-refractivity contribution in [3.63, 3.8) is 0 Å². The Morgan fingerprint density at radius 2 is 2.02 bits per heavy atom.